The molecule has 2 amide bonds. The van der Waals surface area contributed by atoms with Gasteiger partial charge in [0.2, 0.25) is 0 Å². The highest BCUT2D eigenvalue weighted by Crippen LogP contribution is 2.29. The van der Waals surface area contributed by atoms with Crippen LogP contribution in [0.5, 0.6) is 0 Å². The molecular weight excluding hydrogens is 329 g/mol. The van der Waals surface area contributed by atoms with E-state index in [-0.39, 0.29) is 19.5 Å². The lowest BCUT2D eigenvalue weighted by molar-refractivity contribution is -0.140. The van der Waals surface area contributed by atoms with E-state index in [1.165, 1.54) is 0 Å². The fourth-order valence-electron chi connectivity index (χ4n) is 1.77. The number of halogens is 3. The van der Waals surface area contributed by atoms with Crippen LogP contribution in [0, 0.1) is 6.92 Å². The molecule has 2 N–H and O–H groups in total. The topological polar surface area (TPSA) is 66.9 Å². The number of nitrogens with zero attached hydrogens (tertiary/aromatic N) is 2. The van der Waals surface area contributed by atoms with E-state index in [2.05, 4.69) is 20.6 Å². The van der Waals surface area contributed by atoms with Gasteiger partial charge in [0.1, 0.15) is 0 Å². The van der Waals surface area contributed by atoms with Crippen molar-refractivity contribution in [2.45, 2.75) is 26.1 Å². The maximum Gasteiger partial charge on any atom is 0.434 e. The number of rotatable bonds is 5. The monoisotopic (exact) mass is 344 g/mol. The number of aromatic nitrogens is 2. The van der Waals surface area contributed by atoms with Gasteiger partial charge in [-0.25, -0.2) is 9.78 Å². The Morgan fingerprint density at radius 1 is 1.35 bits per heavy atom. The molecule has 0 saturated carbocycles. The Hall–Kier alpha value is -2.16. The van der Waals surface area contributed by atoms with Gasteiger partial charge in [-0.2, -0.15) is 13.2 Å². The average molecular weight is 344 g/mol. The van der Waals surface area contributed by atoms with Crippen molar-refractivity contribution in [2.75, 3.05) is 6.54 Å². The first-order valence-electron chi connectivity index (χ1n) is 6.80. The molecule has 0 bridgehead atoms. The van der Waals surface area contributed by atoms with E-state index in [4.69, 9.17) is 0 Å². The normalized spacial score (nSPS) is 11.3. The van der Waals surface area contributed by atoms with Crippen LogP contribution < -0.4 is 10.6 Å². The van der Waals surface area contributed by atoms with Crippen LogP contribution in [0.15, 0.2) is 23.7 Å². The van der Waals surface area contributed by atoms with Crippen LogP contribution in [0.2, 0.25) is 0 Å². The van der Waals surface area contributed by atoms with Gasteiger partial charge < -0.3 is 10.6 Å². The zero-order valence-corrected chi connectivity index (χ0v) is 13.1. The maximum absolute atomic E-state index is 12.4. The molecule has 5 nitrogen and oxygen atoms in total. The molecule has 0 aliphatic heterocycles. The number of carbonyl (C=O) groups excluding carboxylic acids is 1. The largest absolute Gasteiger partial charge is 0.434 e. The fraction of sp³-hybridized carbons (Fsp3) is 0.357. The van der Waals surface area contributed by atoms with Gasteiger partial charge in [0.05, 0.1) is 17.2 Å². The molecule has 23 heavy (non-hydrogen) atoms. The summed E-state index contributed by atoms with van der Waals surface area (Å²) in [5, 5.41) is 6.53. The van der Waals surface area contributed by atoms with Gasteiger partial charge in [-0.15, -0.1) is 11.3 Å². The van der Waals surface area contributed by atoms with Crippen LogP contribution in [0.4, 0.5) is 18.0 Å². The Balaban J connectivity index is 1.73. The summed E-state index contributed by atoms with van der Waals surface area (Å²) in [4.78, 5) is 19.3. The number of pyridine rings is 1. The Labute approximate surface area is 135 Å². The number of amides is 2. The minimum atomic E-state index is -4.43. The first kappa shape index (κ1) is 17.2. The highest BCUT2D eigenvalue weighted by Gasteiger charge is 2.33. The van der Waals surface area contributed by atoms with Gasteiger partial charge >= 0.3 is 12.2 Å². The highest BCUT2D eigenvalue weighted by molar-refractivity contribution is 7.09. The van der Waals surface area contributed by atoms with E-state index in [0.29, 0.717) is 5.01 Å². The van der Waals surface area contributed by atoms with Crippen molar-refractivity contribution in [1.82, 2.24) is 20.6 Å². The molecule has 0 atom stereocenters. The number of alkyl halides is 3. The van der Waals surface area contributed by atoms with Crippen LogP contribution in [-0.4, -0.2) is 22.5 Å². The minimum Gasteiger partial charge on any atom is -0.338 e. The summed E-state index contributed by atoms with van der Waals surface area (Å²) >= 11 is 0.927. The number of aryl methyl sites for hydroxylation is 1. The third-order valence-electron chi connectivity index (χ3n) is 3.00. The molecule has 2 heterocycles. The second kappa shape index (κ2) is 7.40. The number of urea groups is 1. The molecule has 0 saturated heterocycles. The Morgan fingerprint density at radius 2 is 2.13 bits per heavy atom. The predicted molar refractivity (Wildman–Crippen MR) is 80.0 cm³/mol. The third-order valence-corrected chi connectivity index (χ3v) is 3.91. The predicted octanol–water partition coefficient (Wildman–Crippen LogP) is 2.91. The van der Waals surface area contributed by atoms with Crippen LogP contribution in [0.3, 0.4) is 0 Å². The maximum atomic E-state index is 12.4. The fourth-order valence-corrected chi connectivity index (χ4v) is 2.57. The summed E-state index contributed by atoms with van der Waals surface area (Å²) in [6.07, 6.45) is -2.54. The molecule has 0 aliphatic rings. The number of thiazole rings is 1. The third kappa shape index (κ3) is 5.20. The highest BCUT2D eigenvalue weighted by atomic mass is 32.1. The number of nitrogens with one attached hydrogen (secondary N) is 2. The van der Waals surface area contributed by atoms with Gasteiger partial charge in [-0.3, -0.25) is 4.98 Å². The lowest BCUT2D eigenvalue weighted by Crippen LogP contribution is -2.36. The van der Waals surface area contributed by atoms with Crippen molar-refractivity contribution in [2.24, 2.45) is 0 Å². The molecular formula is C14H15F3N4OS. The van der Waals surface area contributed by atoms with E-state index < -0.39 is 17.9 Å². The lowest BCUT2D eigenvalue weighted by atomic mass is 10.2. The number of carbonyl (C=O) groups is 1. The minimum absolute atomic E-state index is 0.206. The number of hydrogen-bond acceptors (Lipinski definition) is 4. The van der Waals surface area contributed by atoms with Crippen molar-refractivity contribution >= 4 is 17.4 Å². The van der Waals surface area contributed by atoms with Crippen molar-refractivity contribution < 1.29 is 18.0 Å². The number of hydrogen-bond donors (Lipinski definition) is 2. The van der Waals surface area contributed by atoms with Crippen molar-refractivity contribution in [3.8, 4) is 0 Å². The summed E-state index contributed by atoms with van der Waals surface area (Å²) in [5.41, 5.74) is 0.834. The molecule has 124 valence electrons. The van der Waals surface area contributed by atoms with E-state index in [1.807, 2.05) is 19.1 Å². The van der Waals surface area contributed by atoms with Crippen molar-refractivity contribution in [1.29, 1.82) is 0 Å². The summed E-state index contributed by atoms with van der Waals surface area (Å²) in [6.45, 7) is 2.38. The van der Waals surface area contributed by atoms with Crippen LogP contribution in [0.1, 0.15) is 22.0 Å². The molecule has 0 radical (unpaired) electrons. The standard InChI is InChI=1S/C14H15F3N4OS/c1-9-3-2-5-18-10(9)7-20-13(22)19-6-4-12-21-11(8-23-12)14(15,16)17/h2-3,5,8H,4,6-7H2,1H3,(H2,19,20,22). The van der Waals surface area contributed by atoms with E-state index in [0.717, 1.165) is 28.0 Å². The van der Waals surface area contributed by atoms with E-state index in [1.54, 1.807) is 6.20 Å². The lowest BCUT2D eigenvalue weighted by Gasteiger charge is -2.08. The van der Waals surface area contributed by atoms with Crippen LogP contribution >= 0.6 is 11.3 Å². The molecule has 0 spiro atoms. The second-order valence-electron chi connectivity index (χ2n) is 4.75. The van der Waals surface area contributed by atoms with Crippen molar-refractivity contribution in [3.63, 3.8) is 0 Å². The van der Waals surface area contributed by atoms with Crippen LogP contribution in [0.25, 0.3) is 0 Å². The second-order valence-corrected chi connectivity index (χ2v) is 5.69. The molecule has 0 fully saturated rings. The molecule has 9 heteroatoms. The van der Waals surface area contributed by atoms with Gasteiger partial charge in [-0.1, -0.05) is 6.07 Å². The molecule has 2 aromatic heterocycles. The average Bonchev–Trinajstić information content (AvgIpc) is 2.95. The van der Waals surface area contributed by atoms with E-state index in [9.17, 15) is 18.0 Å². The summed E-state index contributed by atoms with van der Waals surface area (Å²) in [7, 11) is 0. The molecule has 0 unspecified atom stereocenters. The van der Waals surface area contributed by atoms with E-state index >= 15 is 0 Å². The summed E-state index contributed by atoms with van der Waals surface area (Å²) < 4.78 is 37.2. The van der Waals surface area contributed by atoms with Gasteiger partial charge in [0.25, 0.3) is 0 Å². The zero-order chi connectivity index (χ0) is 16.9. The Morgan fingerprint density at radius 3 is 2.78 bits per heavy atom. The zero-order valence-electron chi connectivity index (χ0n) is 12.3. The molecule has 0 aromatic carbocycles. The van der Waals surface area contributed by atoms with Gasteiger partial charge in [0.15, 0.2) is 5.69 Å². The smallest absolute Gasteiger partial charge is 0.338 e. The molecule has 2 aromatic rings. The quantitative estimate of drug-likeness (QED) is 0.876. The molecule has 0 aliphatic carbocycles. The Bertz CT molecular complexity index is 672. The van der Waals surface area contributed by atoms with Crippen LogP contribution in [-0.2, 0) is 19.1 Å². The first-order valence-corrected chi connectivity index (χ1v) is 7.68. The van der Waals surface area contributed by atoms with Crippen molar-refractivity contribution in [3.05, 3.63) is 45.7 Å². The Kier molecular flexibility index (Phi) is 5.54. The van der Waals surface area contributed by atoms with Gasteiger partial charge in [-0.05, 0) is 18.6 Å². The first-order chi connectivity index (χ1) is 10.9. The van der Waals surface area contributed by atoms with Gasteiger partial charge in [0, 0.05) is 24.5 Å². The molecule has 2 rings (SSSR count). The summed E-state index contributed by atoms with van der Waals surface area (Å²) in [5.74, 6) is 0. The SMILES string of the molecule is Cc1cccnc1CNC(=O)NCCc1nc(C(F)(F)F)cs1. The summed E-state index contributed by atoms with van der Waals surface area (Å²) in [6, 6.07) is 3.30.